The number of benzene rings is 1. The molecule has 1 fully saturated rings. The maximum Gasteiger partial charge on any atom is 0.227 e. The van der Waals surface area contributed by atoms with Crippen LogP contribution in [-0.4, -0.2) is 59.8 Å². The van der Waals surface area contributed by atoms with Crippen LogP contribution in [0.3, 0.4) is 0 Å². The lowest BCUT2D eigenvalue weighted by molar-refractivity contribution is 0.183. The summed E-state index contributed by atoms with van der Waals surface area (Å²) < 4.78 is 17.7. The SMILES string of the molecule is COc1cnc2nc1-c1ccnc(c1)OCC/C=C/CCCc1cc(cc(OCCN3CCCCC3)c1)N2. The number of ether oxygens (including phenoxy) is 3. The van der Waals surface area contributed by atoms with E-state index in [1.807, 2.05) is 18.2 Å². The summed E-state index contributed by atoms with van der Waals surface area (Å²) in [6, 6.07) is 10.1. The lowest BCUT2D eigenvalue weighted by atomic mass is 10.1. The van der Waals surface area contributed by atoms with Crippen molar-refractivity contribution in [1.82, 2.24) is 19.9 Å². The molecule has 4 heterocycles. The standard InChI is InChI=1S/C30H37N5O3/c1-36-27-22-32-30-33-25-18-23(19-26(21-25)37-17-15-35-13-7-5-8-14-35)10-6-3-2-4-9-16-38-28-20-24(11-12-31-28)29(27)34-30/h2,4,11-12,18-22H,3,5-10,13-17H2,1H3,(H,32,33,34)/b4-2+. The van der Waals surface area contributed by atoms with Crippen molar-refractivity contribution in [3.05, 3.63) is 60.4 Å². The molecule has 0 unspecified atom stereocenters. The number of anilines is 2. The number of likely N-dealkylation sites (tertiary alicyclic amines) is 1. The van der Waals surface area contributed by atoms with Crippen LogP contribution in [0.15, 0.2) is 54.9 Å². The van der Waals surface area contributed by atoms with Gasteiger partial charge in [-0.15, -0.1) is 0 Å². The van der Waals surface area contributed by atoms with Crippen LogP contribution < -0.4 is 19.5 Å². The summed E-state index contributed by atoms with van der Waals surface area (Å²) >= 11 is 0. The number of hydrogen-bond acceptors (Lipinski definition) is 8. The molecule has 8 nitrogen and oxygen atoms in total. The summed E-state index contributed by atoms with van der Waals surface area (Å²) in [7, 11) is 1.62. The van der Waals surface area contributed by atoms with Gasteiger partial charge < -0.3 is 19.5 Å². The minimum atomic E-state index is 0.487. The van der Waals surface area contributed by atoms with Gasteiger partial charge >= 0.3 is 0 Å². The normalized spacial score (nSPS) is 17.3. The van der Waals surface area contributed by atoms with E-state index in [9.17, 15) is 0 Å². The molecule has 0 saturated carbocycles. The maximum atomic E-state index is 6.25. The van der Waals surface area contributed by atoms with Crippen molar-refractivity contribution in [2.75, 3.05) is 45.3 Å². The molecule has 0 radical (unpaired) electrons. The van der Waals surface area contributed by atoms with Gasteiger partial charge in [0.05, 0.1) is 19.9 Å². The van der Waals surface area contributed by atoms with E-state index in [0.29, 0.717) is 36.5 Å². The lowest BCUT2D eigenvalue weighted by Crippen LogP contribution is -2.33. The first kappa shape index (κ1) is 26.0. The van der Waals surface area contributed by atoms with Crippen molar-refractivity contribution in [3.63, 3.8) is 0 Å². The van der Waals surface area contributed by atoms with Gasteiger partial charge in [-0.05, 0) is 75.4 Å². The Morgan fingerprint density at radius 3 is 2.79 bits per heavy atom. The van der Waals surface area contributed by atoms with Crippen molar-refractivity contribution in [1.29, 1.82) is 0 Å². The van der Waals surface area contributed by atoms with E-state index in [-0.39, 0.29) is 0 Å². The van der Waals surface area contributed by atoms with E-state index in [1.165, 1.54) is 37.9 Å². The summed E-state index contributed by atoms with van der Waals surface area (Å²) in [5.74, 6) is 2.50. The fraction of sp³-hybridized carbons (Fsp3) is 0.433. The molecule has 0 spiro atoms. The third kappa shape index (κ3) is 7.22. The Kier molecular flexibility index (Phi) is 9.05. The first-order valence-electron chi connectivity index (χ1n) is 13.7. The molecular formula is C30H37N5O3. The first-order chi connectivity index (χ1) is 18.8. The molecule has 2 aliphatic rings. The number of nitrogens with one attached hydrogen (secondary N) is 1. The van der Waals surface area contributed by atoms with Crippen LogP contribution in [0.2, 0.25) is 0 Å². The largest absolute Gasteiger partial charge is 0.493 e. The zero-order valence-corrected chi connectivity index (χ0v) is 22.2. The van der Waals surface area contributed by atoms with Crippen molar-refractivity contribution in [3.8, 4) is 28.6 Å². The summed E-state index contributed by atoms with van der Waals surface area (Å²) in [4.78, 5) is 16.2. The predicted molar refractivity (Wildman–Crippen MR) is 150 cm³/mol. The number of hydrogen-bond donors (Lipinski definition) is 1. The maximum absolute atomic E-state index is 6.25. The lowest BCUT2D eigenvalue weighted by Gasteiger charge is -2.26. The molecule has 1 saturated heterocycles. The van der Waals surface area contributed by atoms with Crippen LogP contribution in [0.4, 0.5) is 11.6 Å². The van der Waals surface area contributed by atoms with Gasteiger partial charge in [-0.25, -0.2) is 15.0 Å². The van der Waals surface area contributed by atoms with Gasteiger partial charge in [0.2, 0.25) is 11.8 Å². The van der Waals surface area contributed by atoms with Gasteiger partial charge in [-0.3, -0.25) is 4.90 Å². The molecule has 200 valence electrons. The Bertz CT molecular complexity index is 1230. The summed E-state index contributed by atoms with van der Waals surface area (Å²) in [5.41, 5.74) is 3.66. The third-order valence-electron chi connectivity index (χ3n) is 6.87. The van der Waals surface area contributed by atoms with Gasteiger partial charge in [0.15, 0.2) is 5.75 Å². The number of aryl methyl sites for hydroxylation is 1. The number of allylic oxidation sites excluding steroid dienone is 1. The molecule has 0 aliphatic carbocycles. The highest BCUT2D eigenvalue weighted by Crippen LogP contribution is 2.31. The summed E-state index contributed by atoms with van der Waals surface area (Å²) in [5, 5.41) is 3.40. The number of piperidine rings is 1. The number of methoxy groups -OCH3 is 1. The number of pyridine rings is 1. The van der Waals surface area contributed by atoms with Crippen molar-refractivity contribution in [2.24, 2.45) is 0 Å². The zero-order chi connectivity index (χ0) is 26.0. The highest BCUT2D eigenvalue weighted by molar-refractivity contribution is 5.69. The van der Waals surface area contributed by atoms with Gasteiger partial charge in [0, 0.05) is 36.1 Å². The Balaban J connectivity index is 1.41. The molecule has 1 N–H and O–H groups in total. The third-order valence-corrected chi connectivity index (χ3v) is 6.87. The van der Waals surface area contributed by atoms with E-state index >= 15 is 0 Å². The van der Waals surface area contributed by atoms with E-state index in [4.69, 9.17) is 19.2 Å². The Morgan fingerprint density at radius 1 is 1.00 bits per heavy atom. The van der Waals surface area contributed by atoms with Gasteiger partial charge in [0.1, 0.15) is 18.1 Å². The Labute approximate surface area is 225 Å². The molecular weight excluding hydrogens is 478 g/mol. The van der Waals surface area contributed by atoms with Crippen LogP contribution >= 0.6 is 0 Å². The molecule has 0 atom stereocenters. The highest BCUT2D eigenvalue weighted by Gasteiger charge is 2.14. The minimum Gasteiger partial charge on any atom is -0.493 e. The van der Waals surface area contributed by atoms with E-state index in [2.05, 4.69) is 44.5 Å². The molecule has 6 bridgehead atoms. The quantitative estimate of drug-likeness (QED) is 0.426. The molecule has 1 aromatic carbocycles. The first-order valence-corrected chi connectivity index (χ1v) is 13.7. The second-order valence-corrected chi connectivity index (χ2v) is 9.74. The zero-order valence-electron chi connectivity index (χ0n) is 22.2. The Morgan fingerprint density at radius 2 is 1.89 bits per heavy atom. The summed E-state index contributed by atoms with van der Waals surface area (Å²) in [6.45, 7) is 4.56. The molecule has 3 aromatic rings. The van der Waals surface area contributed by atoms with Gasteiger partial charge in [-0.2, -0.15) is 0 Å². The van der Waals surface area contributed by atoms with Crippen molar-refractivity contribution in [2.45, 2.75) is 44.9 Å². The monoisotopic (exact) mass is 515 g/mol. The van der Waals surface area contributed by atoms with Crippen molar-refractivity contribution >= 4 is 11.6 Å². The number of fused-ring (bicyclic) bond motifs is 7. The van der Waals surface area contributed by atoms with Crippen LogP contribution in [0.5, 0.6) is 17.4 Å². The summed E-state index contributed by atoms with van der Waals surface area (Å²) in [6.07, 6.45) is 15.6. The van der Waals surface area contributed by atoms with Crippen LogP contribution in [0, 0.1) is 0 Å². The number of aromatic nitrogens is 3. The van der Waals surface area contributed by atoms with E-state index in [1.54, 1.807) is 19.5 Å². The van der Waals surface area contributed by atoms with Crippen LogP contribution in [0.25, 0.3) is 11.3 Å². The molecule has 2 aromatic heterocycles. The van der Waals surface area contributed by atoms with Crippen LogP contribution in [0.1, 0.15) is 44.1 Å². The number of nitrogens with zero attached hydrogens (tertiary/aromatic N) is 4. The van der Waals surface area contributed by atoms with E-state index < -0.39 is 0 Å². The molecule has 2 aliphatic heterocycles. The smallest absolute Gasteiger partial charge is 0.227 e. The predicted octanol–water partition coefficient (Wildman–Crippen LogP) is 5.82. The van der Waals surface area contributed by atoms with Gasteiger partial charge in [0.25, 0.3) is 0 Å². The number of rotatable bonds is 5. The Hall–Kier alpha value is -3.65. The average molecular weight is 516 g/mol. The second kappa shape index (κ2) is 13.2. The molecule has 5 rings (SSSR count). The fourth-order valence-electron chi connectivity index (χ4n) is 4.88. The highest BCUT2D eigenvalue weighted by atomic mass is 16.5. The second-order valence-electron chi connectivity index (χ2n) is 9.74. The fourth-order valence-corrected chi connectivity index (χ4v) is 4.88. The molecule has 8 heteroatoms. The molecule has 38 heavy (non-hydrogen) atoms. The van der Waals surface area contributed by atoms with Gasteiger partial charge in [-0.1, -0.05) is 18.6 Å². The van der Waals surface area contributed by atoms with Crippen LogP contribution in [-0.2, 0) is 6.42 Å². The molecule has 0 amide bonds. The minimum absolute atomic E-state index is 0.487. The van der Waals surface area contributed by atoms with E-state index in [0.717, 1.165) is 49.2 Å². The average Bonchev–Trinajstić information content (AvgIpc) is 2.95. The topological polar surface area (TPSA) is 81.6 Å². The van der Waals surface area contributed by atoms with Crippen molar-refractivity contribution < 1.29 is 14.2 Å².